The minimum absolute atomic E-state index is 0.156. The highest BCUT2D eigenvalue weighted by Crippen LogP contribution is 2.14. The molecule has 16 heavy (non-hydrogen) atoms. The summed E-state index contributed by atoms with van der Waals surface area (Å²) in [7, 11) is -3.18. The first-order valence-corrected chi connectivity index (χ1v) is 6.04. The molecule has 0 saturated heterocycles. The van der Waals surface area contributed by atoms with E-state index in [1.807, 2.05) is 0 Å². The number of carbonyl (C=O) groups excluding carboxylic acids is 1. The highest BCUT2D eigenvalue weighted by Gasteiger charge is 2.16. The van der Waals surface area contributed by atoms with Crippen molar-refractivity contribution in [2.45, 2.75) is 11.8 Å². The van der Waals surface area contributed by atoms with Crippen LogP contribution in [0.2, 0.25) is 0 Å². The molecular weight excluding hydrogens is 233 g/mol. The van der Waals surface area contributed by atoms with Crippen LogP contribution in [0.4, 0.5) is 3.89 Å². The Kier molecular flexibility index (Phi) is 3.64. The maximum Gasteiger partial charge on any atom is 0.332 e. The Morgan fingerprint density at radius 1 is 1.44 bits per heavy atom. The van der Waals surface area contributed by atoms with Gasteiger partial charge in [0.05, 0.1) is 4.90 Å². The van der Waals surface area contributed by atoms with E-state index in [9.17, 15) is 17.1 Å². The lowest BCUT2D eigenvalue weighted by Gasteiger charge is -2.14. The van der Waals surface area contributed by atoms with Crippen LogP contribution >= 0.6 is 0 Å². The number of hydrogen-bond acceptors (Lipinski definition) is 3. The second-order valence-corrected chi connectivity index (χ2v) is 4.63. The zero-order chi connectivity index (χ0) is 12.3. The lowest BCUT2D eigenvalue weighted by atomic mass is 10.2. The van der Waals surface area contributed by atoms with Gasteiger partial charge in [0.1, 0.15) is 0 Å². The van der Waals surface area contributed by atoms with E-state index in [1.54, 1.807) is 14.0 Å². The molecule has 6 heteroatoms. The van der Waals surface area contributed by atoms with Gasteiger partial charge in [-0.2, -0.15) is 8.42 Å². The number of hydrogen-bond donors (Lipinski definition) is 0. The average Bonchev–Trinajstić information content (AvgIpc) is 2.26. The van der Waals surface area contributed by atoms with E-state index in [0.29, 0.717) is 6.54 Å². The Morgan fingerprint density at radius 3 is 2.56 bits per heavy atom. The number of rotatable bonds is 3. The molecule has 1 aromatic rings. The van der Waals surface area contributed by atoms with Gasteiger partial charge in [-0.05, 0) is 25.1 Å². The van der Waals surface area contributed by atoms with E-state index in [1.165, 1.54) is 17.0 Å². The van der Waals surface area contributed by atoms with Crippen molar-refractivity contribution in [1.82, 2.24) is 4.90 Å². The predicted molar refractivity (Wildman–Crippen MR) is 57.4 cm³/mol. The molecule has 0 aliphatic heterocycles. The van der Waals surface area contributed by atoms with E-state index < -0.39 is 15.1 Å². The van der Waals surface area contributed by atoms with Gasteiger partial charge in [-0.1, -0.05) is 6.07 Å². The lowest BCUT2D eigenvalue weighted by Crippen LogP contribution is -2.26. The Balaban J connectivity index is 3.14. The number of carbonyl (C=O) groups is 1. The van der Waals surface area contributed by atoms with Crippen LogP contribution in [0.15, 0.2) is 29.2 Å². The summed E-state index contributed by atoms with van der Waals surface area (Å²) in [6.07, 6.45) is 0. The summed E-state index contributed by atoms with van der Waals surface area (Å²) in [5.41, 5.74) is 0.156. The number of halogens is 1. The van der Waals surface area contributed by atoms with Crippen LogP contribution in [-0.4, -0.2) is 32.8 Å². The third-order valence-corrected chi connectivity index (χ3v) is 3.00. The molecule has 0 spiro atoms. The molecule has 0 heterocycles. The highest BCUT2D eigenvalue weighted by atomic mass is 32.3. The van der Waals surface area contributed by atoms with E-state index in [0.717, 1.165) is 12.1 Å². The average molecular weight is 245 g/mol. The smallest absolute Gasteiger partial charge is 0.332 e. The predicted octanol–water partition coefficient (Wildman–Crippen LogP) is 1.44. The first kappa shape index (κ1) is 12.6. The van der Waals surface area contributed by atoms with Crippen LogP contribution in [-0.2, 0) is 10.2 Å². The number of amides is 1. The minimum Gasteiger partial charge on any atom is -0.342 e. The molecule has 0 radical (unpaired) electrons. The summed E-state index contributed by atoms with van der Waals surface area (Å²) >= 11 is 0. The molecule has 1 rings (SSSR count). The van der Waals surface area contributed by atoms with E-state index >= 15 is 0 Å². The molecule has 0 atom stereocenters. The lowest BCUT2D eigenvalue weighted by molar-refractivity contribution is 0.0802. The van der Waals surface area contributed by atoms with E-state index in [4.69, 9.17) is 0 Å². The van der Waals surface area contributed by atoms with Crippen LogP contribution in [0.1, 0.15) is 17.3 Å². The van der Waals surface area contributed by atoms with Crippen LogP contribution in [0, 0.1) is 0 Å². The fourth-order valence-corrected chi connectivity index (χ4v) is 1.65. The van der Waals surface area contributed by atoms with Crippen molar-refractivity contribution in [1.29, 1.82) is 0 Å². The Morgan fingerprint density at radius 2 is 2.06 bits per heavy atom. The van der Waals surface area contributed by atoms with Gasteiger partial charge in [0.25, 0.3) is 5.91 Å². The molecule has 0 N–H and O–H groups in total. The van der Waals surface area contributed by atoms with Crippen molar-refractivity contribution >= 4 is 16.1 Å². The van der Waals surface area contributed by atoms with Gasteiger partial charge in [0, 0.05) is 19.2 Å². The summed E-state index contributed by atoms with van der Waals surface area (Å²) in [6.45, 7) is 2.28. The summed E-state index contributed by atoms with van der Waals surface area (Å²) in [4.78, 5) is 12.6. The molecule has 0 unspecified atom stereocenters. The third-order valence-electron chi connectivity index (χ3n) is 2.18. The fraction of sp³-hybridized carbons (Fsp3) is 0.300. The Labute approximate surface area is 93.9 Å². The normalized spacial score (nSPS) is 11.2. The zero-order valence-electron chi connectivity index (χ0n) is 8.97. The first-order valence-electron chi connectivity index (χ1n) is 4.66. The van der Waals surface area contributed by atoms with E-state index in [2.05, 4.69) is 0 Å². The van der Waals surface area contributed by atoms with Crippen molar-refractivity contribution in [3.8, 4) is 0 Å². The molecule has 0 aliphatic carbocycles. The molecular formula is C10H12FNO3S. The summed E-state index contributed by atoms with van der Waals surface area (Å²) in [6, 6.07) is 4.92. The van der Waals surface area contributed by atoms with Crippen molar-refractivity contribution in [2.75, 3.05) is 13.6 Å². The molecule has 88 valence electrons. The zero-order valence-corrected chi connectivity index (χ0v) is 9.79. The summed E-state index contributed by atoms with van der Waals surface area (Å²) < 4.78 is 34.0. The highest BCUT2D eigenvalue weighted by molar-refractivity contribution is 7.86. The second kappa shape index (κ2) is 4.61. The Bertz CT molecular complexity index is 499. The maximum absolute atomic E-state index is 12.7. The molecule has 0 fully saturated rings. The third kappa shape index (κ3) is 2.79. The van der Waals surface area contributed by atoms with Crippen LogP contribution in [0.3, 0.4) is 0 Å². The van der Waals surface area contributed by atoms with Crippen molar-refractivity contribution in [3.05, 3.63) is 29.8 Å². The van der Waals surface area contributed by atoms with Gasteiger partial charge < -0.3 is 4.90 Å². The molecule has 1 aromatic carbocycles. The van der Waals surface area contributed by atoms with Crippen molar-refractivity contribution in [3.63, 3.8) is 0 Å². The summed E-state index contributed by atoms with van der Waals surface area (Å²) in [5, 5.41) is 0. The van der Waals surface area contributed by atoms with Crippen LogP contribution in [0.25, 0.3) is 0 Å². The largest absolute Gasteiger partial charge is 0.342 e. The van der Waals surface area contributed by atoms with Gasteiger partial charge in [0.15, 0.2) is 0 Å². The molecule has 0 aromatic heterocycles. The van der Waals surface area contributed by atoms with E-state index in [-0.39, 0.29) is 11.5 Å². The quantitative estimate of drug-likeness (QED) is 0.757. The summed E-state index contributed by atoms with van der Waals surface area (Å²) in [5.74, 6) is -0.340. The topological polar surface area (TPSA) is 54.5 Å². The molecule has 0 bridgehead atoms. The first-order chi connectivity index (χ1) is 7.36. The van der Waals surface area contributed by atoms with Gasteiger partial charge in [-0.25, -0.2) is 0 Å². The SMILES string of the molecule is CCN(C)C(=O)c1cccc(S(=O)(=O)F)c1. The van der Waals surface area contributed by atoms with Crippen molar-refractivity contribution < 1.29 is 17.1 Å². The van der Waals surface area contributed by atoms with Crippen molar-refractivity contribution in [2.24, 2.45) is 0 Å². The second-order valence-electron chi connectivity index (χ2n) is 3.29. The van der Waals surface area contributed by atoms with Crippen LogP contribution < -0.4 is 0 Å². The van der Waals surface area contributed by atoms with Crippen LogP contribution in [0.5, 0.6) is 0 Å². The number of nitrogens with zero attached hydrogens (tertiary/aromatic N) is 1. The maximum atomic E-state index is 12.7. The Hall–Kier alpha value is -1.43. The number of benzene rings is 1. The molecule has 4 nitrogen and oxygen atoms in total. The fourth-order valence-electron chi connectivity index (χ4n) is 1.14. The minimum atomic E-state index is -4.76. The van der Waals surface area contributed by atoms with Gasteiger partial charge in [-0.15, -0.1) is 3.89 Å². The van der Waals surface area contributed by atoms with Gasteiger partial charge in [0.2, 0.25) is 0 Å². The molecule has 1 amide bonds. The van der Waals surface area contributed by atoms with Gasteiger partial charge in [-0.3, -0.25) is 4.79 Å². The molecule has 0 aliphatic rings. The standard InChI is InChI=1S/C10H12FNO3S/c1-3-12(2)10(13)8-5-4-6-9(7-8)16(11,14)15/h4-7H,3H2,1-2H3. The van der Waals surface area contributed by atoms with Gasteiger partial charge >= 0.3 is 10.2 Å². The molecule has 0 saturated carbocycles. The monoisotopic (exact) mass is 245 g/mol.